The van der Waals surface area contributed by atoms with Crippen molar-refractivity contribution in [2.24, 2.45) is 0 Å². The fourth-order valence-corrected chi connectivity index (χ4v) is 2.31. The van der Waals surface area contributed by atoms with Crippen LogP contribution in [0.15, 0.2) is 30.9 Å². The van der Waals surface area contributed by atoms with Crippen LogP contribution in [0.4, 0.5) is 0 Å². The molecule has 0 saturated carbocycles. The minimum Gasteiger partial charge on any atom is -0.495 e. The molecule has 1 N–H and O–H groups in total. The molecular weight excluding hydrogens is 252 g/mol. The number of aromatic nitrogens is 3. The maximum atomic E-state index is 5.41. The highest BCUT2D eigenvalue weighted by Gasteiger charge is 2.16. The topological polar surface area (TPSA) is 52.0 Å². The number of methoxy groups -OCH3 is 1. The van der Waals surface area contributed by atoms with E-state index >= 15 is 0 Å². The molecule has 0 spiro atoms. The van der Waals surface area contributed by atoms with Crippen LogP contribution in [0.25, 0.3) is 0 Å². The van der Waals surface area contributed by atoms with Crippen LogP contribution in [0.3, 0.4) is 0 Å². The molecular formula is C15H22N4O. The Balaban J connectivity index is 2.21. The first-order valence-electron chi connectivity index (χ1n) is 7.01. The van der Waals surface area contributed by atoms with Gasteiger partial charge in [-0.15, -0.1) is 0 Å². The van der Waals surface area contributed by atoms with Crippen LogP contribution in [0, 0.1) is 0 Å². The molecule has 0 bridgehead atoms. The summed E-state index contributed by atoms with van der Waals surface area (Å²) in [6.45, 7) is 5.99. The van der Waals surface area contributed by atoms with E-state index in [1.54, 1.807) is 19.5 Å². The predicted octanol–water partition coefficient (Wildman–Crippen LogP) is 2.20. The molecule has 108 valence electrons. The zero-order valence-corrected chi connectivity index (χ0v) is 12.3. The zero-order chi connectivity index (χ0) is 14.4. The van der Waals surface area contributed by atoms with Gasteiger partial charge in [-0.1, -0.05) is 6.92 Å². The van der Waals surface area contributed by atoms with Crippen LogP contribution < -0.4 is 10.1 Å². The van der Waals surface area contributed by atoms with E-state index in [9.17, 15) is 0 Å². The van der Waals surface area contributed by atoms with Gasteiger partial charge in [0.25, 0.3) is 0 Å². The van der Waals surface area contributed by atoms with Gasteiger partial charge in [-0.2, -0.15) is 5.10 Å². The van der Waals surface area contributed by atoms with Crippen molar-refractivity contribution in [3.05, 3.63) is 42.0 Å². The Morgan fingerprint density at radius 2 is 2.20 bits per heavy atom. The van der Waals surface area contributed by atoms with E-state index in [2.05, 4.69) is 35.4 Å². The molecule has 0 radical (unpaired) electrons. The highest BCUT2D eigenvalue weighted by Crippen LogP contribution is 2.26. The molecule has 0 aromatic carbocycles. The molecule has 5 heteroatoms. The minimum atomic E-state index is 0.201. The van der Waals surface area contributed by atoms with Crippen LogP contribution in [-0.4, -0.2) is 28.4 Å². The largest absolute Gasteiger partial charge is 0.495 e. The lowest BCUT2D eigenvalue weighted by Crippen LogP contribution is -2.23. The molecule has 2 rings (SSSR count). The van der Waals surface area contributed by atoms with E-state index in [4.69, 9.17) is 4.74 Å². The van der Waals surface area contributed by atoms with Gasteiger partial charge in [0.05, 0.1) is 19.5 Å². The first-order valence-corrected chi connectivity index (χ1v) is 7.01. The second-order valence-electron chi connectivity index (χ2n) is 4.64. The van der Waals surface area contributed by atoms with Crippen molar-refractivity contribution in [1.29, 1.82) is 0 Å². The van der Waals surface area contributed by atoms with E-state index in [1.807, 2.05) is 16.9 Å². The molecule has 2 aromatic heterocycles. The Bertz CT molecular complexity index is 538. The Labute approximate surface area is 120 Å². The third-order valence-electron chi connectivity index (χ3n) is 3.31. The molecule has 2 heterocycles. The second kappa shape index (κ2) is 7.05. The number of pyridine rings is 1. The van der Waals surface area contributed by atoms with Crippen LogP contribution in [0.2, 0.25) is 0 Å². The average molecular weight is 274 g/mol. The molecule has 5 nitrogen and oxygen atoms in total. The van der Waals surface area contributed by atoms with Crippen molar-refractivity contribution in [2.45, 2.75) is 32.9 Å². The van der Waals surface area contributed by atoms with Gasteiger partial charge in [-0.25, -0.2) is 0 Å². The van der Waals surface area contributed by atoms with Gasteiger partial charge in [0, 0.05) is 30.5 Å². The smallest absolute Gasteiger partial charge is 0.141 e. The Morgan fingerprint density at radius 3 is 2.85 bits per heavy atom. The summed E-state index contributed by atoms with van der Waals surface area (Å²) in [7, 11) is 1.68. The normalized spacial score (nSPS) is 12.3. The summed E-state index contributed by atoms with van der Waals surface area (Å²) in [5, 5.41) is 7.83. The van der Waals surface area contributed by atoms with Crippen molar-refractivity contribution in [1.82, 2.24) is 20.1 Å². The summed E-state index contributed by atoms with van der Waals surface area (Å²) in [6.07, 6.45) is 8.47. The van der Waals surface area contributed by atoms with E-state index < -0.39 is 0 Å². The lowest BCUT2D eigenvalue weighted by molar-refractivity contribution is 0.397. The van der Waals surface area contributed by atoms with Crippen LogP contribution in [-0.2, 0) is 13.0 Å². The third kappa shape index (κ3) is 3.36. The monoisotopic (exact) mass is 274 g/mol. The van der Waals surface area contributed by atoms with Gasteiger partial charge < -0.3 is 10.1 Å². The molecule has 0 aliphatic carbocycles. The average Bonchev–Trinajstić information content (AvgIpc) is 2.94. The minimum absolute atomic E-state index is 0.201. The Morgan fingerprint density at radius 1 is 1.35 bits per heavy atom. The zero-order valence-electron chi connectivity index (χ0n) is 12.3. The van der Waals surface area contributed by atoms with Crippen molar-refractivity contribution in [3.63, 3.8) is 0 Å². The van der Waals surface area contributed by atoms with Crippen molar-refractivity contribution in [3.8, 4) is 5.75 Å². The standard InChI is InChI=1S/C15H22N4O/c1-4-17-14(8-12-9-18-19(5-2)11-12)13-6-7-16-10-15(13)20-3/h6-7,9-11,14,17H,4-5,8H2,1-3H3. The Hall–Kier alpha value is -1.88. The van der Waals surface area contributed by atoms with E-state index in [-0.39, 0.29) is 6.04 Å². The van der Waals surface area contributed by atoms with Crippen LogP contribution in [0.5, 0.6) is 5.75 Å². The highest BCUT2D eigenvalue weighted by atomic mass is 16.5. The molecule has 0 aliphatic heterocycles. The van der Waals surface area contributed by atoms with Gasteiger partial charge in [-0.05, 0) is 31.5 Å². The Kier molecular flexibility index (Phi) is 5.12. The summed E-state index contributed by atoms with van der Waals surface area (Å²) in [6, 6.07) is 2.21. The van der Waals surface area contributed by atoms with Gasteiger partial charge in [-0.3, -0.25) is 9.67 Å². The second-order valence-corrected chi connectivity index (χ2v) is 4.64. The molecule has 0 fully saturated rings. The molecule has 2 aromatic rings. The SMILES string of the molecule is CCNC(Cc1cnn(CC)c1)c1ccncc1OC. The highest BCUT2D eigenvalue weighted by molar-refractivity contribution is 5.34. The lowest BCUT2D eigenvalue weighted by Gasteiger charge is -2.19. The maximum Gasteiger partial charge on any atom is 0.141 e. The summed E-state index contributed by atoms with van der Waals surface area (Å²) in [4.78, 5) is 4.11. The third-order valence-corrected chi connectivity index (χ3v) is 3.31. The first kappa shape index (κ1) is 14.5. The molecule has 0 aliphatic rings. The van der Waals surface area contributed by atoms with Gasteiger partial charge in [0.1, 0.15) is 5.75 Å². The quantitative estimate of drug-likeness (QED) is 0.841. The van der Waals surface area contributed by atoms with Crippen molar-refractivity contribution >= 4 is 0 Å². The summed E-state index contributed by atoms with van der Waals surface area (Å²) in [5.74, 6) is 0.821. The van der Waals surface area contributed by atoms with E-state index in [0.717, 1.165) is 30.8 Å². The van der Waals surface area contributed by atoms with Gasteiger partial charge in [0.15, 0.2) is 0 Å². The summed E-state index contributed by atoms with van der Waals surface area (Å²) >= 11 is 0. The number of hydrogen-bond acceptors (Lipinski definition) is 4. The number of nitrogens with zero attached hydrogens (tertiary/aromatic N) is 3. The number of nitrogens with one attached hydrogen (secondary N) is 1. The maximum absolute atomic E-state index is 5.41. The van der Waals surface area contributed by atoms with Gasteiger partial charge >= 0.3 is 0 Å². The van der Waals surface area contributed by atoms with Crippen LogP contribution >= 0.6 is 0 Å². The summed E-state index contributed by atoms with van der Waals surface area (Å²) in [5.41, 5.74) is 2.35. The number of hydrogen-bond donors (Lipinski definition) is 1. The number of aryl methyl sites for hydroxylation is 1. The van der Waals surface area contributed by atoms with E-state index in [0.29, 0.717) is 0 Å². The lowest BCUT2D eigenvalue weighted by atomic mass is 10.0. The number of rotatable bonds is 7. The molecule has 1 unspecified atom stereocenters. The first-order chi connectivity index (χ1) is 9.78. The summed E-state index contributed by atoms with van der Waals surface area (Å²) < 4.78 is 7.36. The van der Waals surface area contributed by atoms with E-state index in [1.165, 1.54) is 5.56 Å². The van der Waals surface area contributed by atoms with Crippen LogP contribution in [0.1, 0.15) is 31.0 Å². The predicted molar refractivity (Wildman–Crippen MR) is 78.8 cm³/mol. The fraction of sp³-hybridized carbons (Fsp3) is 0.467. The fourth-order valence-electron chi connectivity index (χ4n) is 2.31. The van der Waals surface area contributed by atoms with Crippen molar-refractivity contribution in [2.75, 3.05) is 13.7 Å². The van der Waals surface area contributed by atoms with Crippen molar-refractivity contribution < 1.29 is 4.74 Å². The molecule has 20 heavy (non-hydrogen) atoms. The number of ether oxygens (including phenoxy) is 1. The molecule has 1 atom stereocenters. The number of likely N-dealkylation sites (N-methyl/N-ethyl adjacent to an activating group) is 1. The molecule has 0 saturated heterocycles. The van der Waals surface area contributed by atoms with Gasteiger partial charge in [0.2, 0.25) is 0 Å². The molecule has 0 amide bonds.